The van der Waals surface area contributed by atoms with Crippen LogP contribution in [0, 0.1) is 5.92 Å². The van der Waals surface area contributed by atoms with E-state index in [0.717, 1.165) is 31.6 Å². The summed E-state index contributed by atoms with van der Waals surface area (Å²) in [6.45, 7) is 3.78. The van der Waals surface area contributed by atoms with E-state index in [9.17, 15) is 14.4 Å². The number of thioether (sulfide) groups is 1. The van der Waals surface area contributed by atoms with E-state index in [1.807, 2.05) is 21.6 Å². The Kier molecular flexibility index (Phi) is 6.80. The molecule has 0 aliphatic carbocycles. The molecule has 2 N–H and O–H groups in total. The van der Waals surface area contributed by atoms with Gasteiger partial charge in [0.25, 0.3) is 5.56 Å². The monoisotopic (exact) mass is 474 g/mol. The highest BCUT2D eigenvalue weighted by molar-refractivity contribution is 7.99. The maximum atomic E-state index is 12.7. The molecule has 1 saturated heterocycles. The number of nitrogens with one attached hydrogen (secondary N) is 2. The lowest BCUT2D eigenvalue weighted by atomic mass is 9.99. The zero-order valence-corrected chi connectivity index (χ0v) is 19.1. The number of hydrogen-bond acceptors (Lipinski definition) is 6. The number of aromatic amines is 2. The van der Waals surface area contributed by atoms with Gasteiger partial charge in [0.15, 0.2) is 5.16 Å². The van der Waals surface area contributed by atoms with Crippen LogP contribution in [0.25, 0.3) is 5.69 Å². The summed E-state index contributed by atoms with van der Waals surface area (Å²) in [5, 5.41) is 9.69. The van der Waals surface area contributed by atoms with E-state index < -0.39 is 11.2 Å². The topological polar surface area (TPSA) is 117 Å². The molecule has 0 spiro atoms. The van der Waals surface area contributed by atoms with Gasteiger partial charge in [0.1, 0.15) is 5.82 Å². The molecule has 2 aromatic heterocycles. The summed E-state index contributed by atoms with van der Waals surface area (Å²) in [7, 11) is 0. The van der Waals surface area contributed by atoms with E-state index in [-0.39, 0.29) is 18.1 Å². The van der Waals surface area contributed by atoms with E-state index in [1.165, 1.54) is 17.8 Å². The normalized spacial score (nSPS) is 14.6. The number of halogens is 1. The summed E-state index contributed by atoms with van der Waals surface area (Å²) in [4.78, 5) is 42.7. The van der Waals surface area contributed by atoms with Gasteiger partial charge in [0.05, 0.1) is 5.75 Å². The van der Waals surface area contributed by atoms with Crippen LogP contribution in [0.15, 0.2) is 45.1 Å². The quantitative estimate of drug-likeness (QED) is 0.529. The second-order valence-electron chi connectivity index (χ2n) is 7.85. The molecule has 32 heavy (non-hydrogen) atoms. The molecule has 4 rings (SSSR count). The van der Waals surface area contributed by atoms with Gasteiger partial charge in [-0.3, -0.25) is 19.1 Å². The Bertz CT molecular complexity index is 1180. The fraction of sp³-hybridized carbons (Fsp3) is 0.381. The minimum Gasteiger partial charge on any atom is -0.342 e. The van der Waals surface area contributed by atoms with Gasteiger partial charge in [0, 0.05) is 42.0 Å². The summed E-state index contributed by atoms with van der Waals surface area (Å²) in [5.74, 6) is 1.50. The zero-order chi connectivity index (χ0) is 22.7. The van der Waals surface area contributed by atoms with Crippen LogP contribution in [0.3, 0.4) is 0 Å². The molecule has 1 fully saturated rings. The molecule has 0 radical (unpaired) electrons. The Balaban J connectivity index is 1.59. The fourth-order valence-electron chi connectivity index (χ4n) is 3.62. The number of carbonyl (C=O) groups is 1. The van der Waals surface area contributed by atoms with Gasteiger partial charge in [-0.05, 0) is 43.0 Å². The van der Waals surface area contributed by atoms with Crippen molar-refractivity contribution in [3.8, 4) is 5.69 Å². The third-order valence-electron chi connectivity index (χ3n) is 5.41. The second kappa shape index (κ2) is 9.74. The predicted octanol–water partition coefficient (Wildman–Crippen LogP) is 2.24. The number of hydrogen-bond donors (Lipinski definition) is 2. The van der Waals surface area contributed by atoms with Gasteiger partial charge in [-0.15, -0.1) is 10.2 Å². The third kappa shape index (κ3) is 5.31. The van der Waals surface area contributed by atoms with Crippen molar-refractivity contribution in [1.29, 1.82) is 0 Å². The molecule has 1 amide bonds. The SMILES string of the molecule is CC1CCN(C(=O)CSc2nnc(Cc3cc(=O)[nH]c(=O)[nH]3)n2-c2ccc(Cl)cc2)CC1. The first-order chi connectivity index (χ1) is 15.4. The average molecular weight is 475 g/mol. The molecular weight excluding hydrogens is 452 g/mol. The highest BCUT2D eigenvalue weighted by Gasteiger charge is 2.22. The van der Waals surface area contributed by atoms with Crippen LogP contribution in [0.5, 0.6) is 0 Å². The molecule has 0 atom stereocenters. The van der Waals surface area contributed by atoms with Crippen LogP contribution in [-0.4, -0.2) is 54.4 Å². The maximum Gasteiger partial charge on any atom is 0.325 e. The van der Waals surface area contributed by atoms with Crippen LogP contribution in [0.4, 0.5) is 0 Å². The van der Waals surface area contributed by atoms with Crippen LogP contribution in [0.1, 0.15) is 31.3 Å². The fourth-order valence-corrected chi connectivity index (χ4v) is 4.62. The molecule has 1 aliphatic rings. The Morgan fingerprint density at radius 2 is 1.88 bits per heavy atom. The molecule has 11 heteroatoms. The van der Waals surface area contributed by atoms with Crippen LogP contribution >= 0.6 is 23.4 Å². The van der Waals surface area contributed by atoms with Gasteiger partial charge in [-0.1, -0.05) is 30.3 Å². The highest BCUT2D eigenvalue weighted by Crippen LogP contribution is 2.25. The number of amides is 1. The lowest BCUT2D eigenvalue weighted by Crippen LogP contribution is -2.38. The molecule has 3 heterocycles. The standard InChI is InChI=1S/C21H23ClN6O3S/c1-13-6-8-27(9-7-13)19(30)12-32-21-26-25-17(10-15-11-18(29)24-20(31)23-15)28(21)16-4-2-14(22)3-5-16/h2-5,11,13H,6-10,12H2,1H3,(H2,23,24,29,31). The molecule has 0 unspecified atom stereocenters. The largest absolute Gasteiger partial charge is 0.342 e. The van der Waals surface area contributed by atoms with Gasteiger partial charge in [0.2, 0.25) is 5.91 Å². The first-order valence-electron chi connectivity index (χ1n) is 10.3. The van der Waals surface area contributed by atoms with Crippen molar-refractivity contribution in [3.63, 3.8) is 0 Å². The number of piperidine rings is 1. The molecule has 9 nitrogen and oxygen atoms in total. The number of aromatic nitrogens is 5. The molecule has 168 valence electrons. The smallest absolute Gasteiger partial charge is 0.325 e. The Labute approximate surface area is 193 Å². The van der Waals surface area contributed by atoms with E-state index in [0.29, 0.717) is 27.6 Å². The van der Waals surface area contributed by atoms with Crippen molar-refractivity contribution < 1.29 is 4.79 Å². The van der Waals surface area contributed by atoms with Crippen molar-refractivity contribution in [3.05, 3.63) is 67.7 Å². The molecule has 0 bridgehead atoms. The number of H-pyrrole nitrogens is 2. The Morgan fingerprint density at radius 1 is 1.16 bits per heavy atom. The Hall–Kier alpha value is -2.85. The van der Waals surface area contributed by atoms with Crippen LogP contribution in [-0.2, 0) is 11.2 Å². The number of likely N-dealkylation sites (tertiary alicyclic amines) is 1. The third-order valence-corrected chi connectivity index (χ3v) is 6.58. The minimum atomic E-state index is -0.582. The summed E-state index contributed by atoms with van der Waals surface area (Å²) in [6.07, 6.45) is 2.24. The minimum absolute atomic E-state index is 0.0769. The summed E-state index contributed by atoms with van der Waals surface area (Å²) >= 11 is 7.35. The number of rotatable bonds is 6. The molecule has 3 aromatic rings. The van der Waals surface area contributed by atoms with Gasteiger partial charge in [-0.25, -0.2) is 4.79 Å². The lowest BCUT2D eigenvalue weighted by Gasteiger charge is -2.30. The molecule has 1 aromatic carbocycles. The Morgan fingerprint density at radius 3 is 2.56 bits per heavy atom. The van der Waals surface area contributed by atoms with Crippen molar-refractivity contribution in [1.82, 2.24) is 29.6 Å². The van der Waals surface area contributed by atoms with Gasteiger partial charge in [-0.2, -0.15) is 0 Å². The van der Waals surface area contributed by atoms with Crippen LogP contribution < -0.4 is 11.2 Å². The average Bonchev–Trinajstić information content (AvgIpc) is 3.14. The molecule has 0 saturated carbocycles. The van der Waals surface area contributed by atoms with Crippen molar-refractivity contribution >= 4 is 29.3 Å². The van der Waals surface area contributed by atoms with Crippen molar-refractivity contribution in [2.24, 2.45) is 5.92 Å². The second-order valence-corrected chi connectivity index (χ2v) is 9.23. The van der Waals surface area contributed by atoms with E-state index in [2.05, 4.69) is 27.1 Å². The first-order valence-corrected chi connectivity index (χ1v) is 11.7. The molecular formula is C21H23ClN6O3S. The number of nitrogens with zero attached hydrogens (tertiary/aromatic N) is 4. The van der Waals surface area contributed by atoms with Gasteiger partial charge < -0.3 is 9.88 Å². The van der Waals surface area contributed by atoms with E-state index in [4.69, 9.17) is 11.6 Å². The van der Waals surface area contributed by atoms with Crippen molar-refractivity contribution in [2.45, 2.75) is 31.3 Å². The zero-order valence-electron chi connectivity index (χ0n) is 17.5. The van der Waals surface area contributed by atoms with Crippen molar-refractivity contribution in [2.75, 3.05) is 18.8 Å². The summed E-state index contributed by atoms with van der Waals surface area (Å²) in [6, 6.07) is 8.48. The first kappa shape index (κ1) is 22.3. The molecule has 1 aliphatic heterocycles. The number of carbonyl (C=O) groups excluding carboxylic acids is 1. The number of benzene rings is 1. The van der Waals surface area contributed by atoms with Crippen LogP contribution in [0.2, 0.25) is 5.02 Å². The summed E-state index contributed by atoms with van der Waals surface area (Å²) in [5.41, 5.74) is 0.109. The van der Waals surface area contributed by atoms with E-state index >= 15 is 0 Å². The summed E-state index contributed by atoms with van der Waals surface area (Å²) < 4.78 is 1.81. The van der Waals surface area contributed by atoms with E-state index in [1.54, 1.807) is 12.1 Å². The predicted molar refractivity (Wildman–Crippen MR) is 123 cm³/mol. The maximum absolute atomic E-state index is 12.7. The lowest BCUT2D eigenvalue weighted by molar-refractivity contribution is -0.129. The van der Waals surface area contributed by atoms with Gasteiger partial charge >= 0.3 is 5.69 Å². The highest BCUT2D eigenvalue weighted by atomic mass is 35.5.